The Bertz CT molecular complexity index is 678. The highest BCUT2D eigenvalue weighted by atomic mass is 19.1. The predicted molar refractivity (Wildman–Crippen MR) is 103 cm³/mol. The van der Waals surface area contributed by atoms with Gasteiger partial charge in [0, 0.05) is 25.0 Å². The van der Waals surface area contributed by atoms with Crippen LogP contribution in [0.1, 0.15) is 25.7 Å². The standard InChI is InChI=1S/C20H28FN3O3/c1-23(14-19(25)22-17-8-6-7-16(21)13-17)15-20(26)24(11-12-27-2)18-9-4-3-5-10-18/h6-9,13H,3-5,10-12,14-15H2,1-2H3,(H,22,25). The topological polar surface area (TPSA) is 61.9 Å². The minimum Gasteiger partial charge on any atom is -0.383 e. The molecule has 0 saturated heterocycles. The molecule has 2 rings (SSSR count). The molecule has 0 fully saturated rings. The SMILES string of the molecule is COCCN(C(=O)CN(C)CC(=O)Nc1cccc(F)c1)C1=CCCCC1. The van der Waals surface area contributed by atoms with E-state index in [9.17, 15) is 14.0 Å². The van der Waals surface area contributed by atoms with E-state index < -0.39 is 5.82 Å². The van der Waals surface area contributed by atoms with E-state index >= 15 is 0 Å². The number of anilines is 1. The van der Waals surface area contributed by atoms with Crippen LogP contribution in [0.4, 0.5) is 10.1 Å². The molecule has 0 heterocycles. The summed E-state index contributed by atoms with van der Waals surface area (Å²) in [5, 5.41) is 2.64. The molecule has 7 heteroatoms. The highest BCUT2D eigenvalue weighted by Crippen LogP contribution is 2.21. The van der Waals surface area contributed by atoms with Gasteiger partial charge in [0.1, 0.15) is 5.82 Å². The van der Waals surface area contributed by atoms with Gasteiger partial charge in [-0.3, -0.25) is 14.5 Å². The van der Waals surface area contributed by atoms with Crippen molar-refractivity contribution in [2.75, 3.05) is 45.7 Å². The molecule has 1 aliphatic rings. The van der Waals surface area contributed by atoms with E-state index in [1.54, 1.807) is 30.0 Å². The first-order valence-corrected chi connectivity index (χ1v) is 9.22. The third-order valence-corrected chi connectivity index (χ3v) is 4.36. The number of rotatable bonds is 9. The van der Waals surface area contributed by atoms with Gasteiger partial charge in [0.15, 0.2) is 0 Å². The van der Waals surface area contributed by atoms with E-state index in [2.05, 4.69) is 11.4 Å². The highest BCUT2D eigenvalue weighted by Gasteiger charge is 2.21. The van der Waals surface area contributed by atoms with Crippen LogP contribution < -0.4 is 5.32 Å². The van der Waals surface area contributed by atoms with Gasteiger partial charge in [-0.25, -0.2) is 4.39 Å². The van der Waals surface area contributed by atoms with Crippen LogP contribution in [0.15, 0.2) is 36.0 Å². The highest BCUT2D eigenvalue weighted by molar-refractivity contribution is 5.92. The number of carbonyl (C=O) groups is 2. The molecule has 0 aromatic heterocycles. The van der Waals surface area contributed by atoms with Gasteiger partial charge in [-0.1, -0.05) is 12.1 Å². The maximum absolute atomic E-state index is 13.2. The molecule has 0 radical (unpaired) electrons. The number of carbonyl (C=O) groups excluding carboxylic acids is 2. The summed E-state index contributed by atoms with van der Waals surface area (Å²) in [7, 11) is 3.33. The Labute approximate surface area is 160 Å². The van der Waals surface area contributed by atoms with Crippen LogP contribution in [-0.2, 0) is 14.3 Å². The zero-order valence-electron chi connectivity index (χ0n) is 16.0. The third-order valence-electron chi connectivity index (χ3n) is 4.36. The Morgan fingerprint density at radius 1 is 1.26 bits per heavy atom. The molecule has 6 nitrogen and oxygen atoms in total. The zero-order valence-corrected chi connectivity index (χ0v) is 16.0. The summed E-state index contributed by atoms with van der Waals surface area (Å²) in [6, 6.07) is 5.72. The minimum atomic E-state index is -0.411. The lowest BCUT2D eigenvalue weighted by atomic mass is 10.0. The molecule has 2 amide bonds. The molecule has 0 atom stereocenters. The normalized spacial score (nSPS) is 14.0. The summed E-state index contributed by atoms with van der Waals surface area (Å²) in [6.07, 6.45) is 6.22. The molecular formula is C20H28FN3O3. The third kappa shape index (κ3) is 7.11. The molecule has 1 aromatic rings. The van der Waals surface area contributed by atoms with Crippen molar-refractivity contribution in [3.63, 3.8) is 0 Å². The zero-order chi connectivity index (χ0) is 19.6. The van der Waals surface area contributed by atoms with Crippen molar-refractivity contribution in [3.05, 3.63) is 41.9 Å². The van der Waals surface area contributed by atoms with Gasteiger partial charge in [0.05, 0.1) is 19.7 Å². The number of nitrogens with zero attached hydrogens (tertiary/aromatic N) is 2. The number of nitrogens with one attached hydrogen (secondary N) is 1. The van der Waals surface area contributed by atoms with Gasteiger partial charge >= 0.3 is 0 Å². The number of halogens is 1. The second-order valence-corrected chi connectivity index (χ2v) is 6.71. The maximum Gasteiger partial charge on any atom is 0.240 e. The number of amides is 2. The first-order valence-electron chi connectivity index (χ1n) is 9.22. The average Bonchev–Trinajstić information content (AvgIpc) is 2.62. The fraction of sp³-hybridized carbons (Fsp3) is 0.500. The lowest BCUT2D eigenvalue weighted by Gasteiger charge is -2.29. The predicted octanol–water partition coefficient (Wildman–Crippen LogP) is 2.63. The summed E-state index contributed by atoms with van der Waals surface area (Å²) in [5.41, 5.74) is 1.44. The Hall–Kier alpha value is -2.25. The molecule has 0 unspecified atom stereocenters. The molecule has 0 saturated carbocycles. The largest absolute Gasteiger partial charge is 0.383 e. The van der Waals surface area contributed by atoms with Crippen molar-refractivity contribution in [2.45, 2.75) is 25.7 Å². The first-order chi connectivity index (χ1) is 13.0. The average molecular weight is 377 g/mol. The first kappa shape index (κ1) is 21.1. The van der Waals surface area contributed by atoms with Crippen molar-refractivity contribution in [1.82, 2.24) is 9.80 Å². The lowest BCUT2D eigenvalue weighted by Crippen LogP contribution is -2.42. The number of benzene rings is 1. The summed E-state index contributed by atoms with van der Waals surface area (Å²) >= 11 is 0. The van der Waals surface area contributed by atoms with Gasteiger partial charge in [-0.05, 0) is 50.9 Å². The molecule has 1 aliphatic carbocycles. The minimum absolute atomic E-state index is 0.0411. The number of ether oxygens (including phenoxy) is 1. The quantitative estimate of drug-likeness (QED) is 0.719. The Kier molecular flexibility index (Phi) is 8.42. The van der Waals surface area contributed by atoms with Gasteiger partial charge in [0.25, 0.3) is 0 Å². The molecule has 0 spiro atoms. The molecule has 27 heavy (non-hydrogen) atoms. The lowest BCUT2D eigenvalue weighted by molar-refractivity contribution is -0.131. The van der Waals surface area contributed by atoms with E-state index in [0.29, 0.717) is 18.8 Å². The Morgan fingerprint density at radius 3 is 2.74 bits per heavy atom. The van der Waals surface area contributed by atoms with Crippen molar-refractivity contribution in [3.8, 4) is 0 Å². The summed E-state index contributed by atoms with van der Waals surface area (Å²) < 4.78 is 18.3. The summed E-state index contributed by atoms with van der Waals surface area (Å²) in [6.45, 7) is 1.13. The maximum atomic E-state index is 13.2. The van der Waals surface area contributed by atoms with Gasteiger partial charge in [0.2, 0.25) is 11.8 Å². The van der Waals surface area contributed by atoms with Crippen molar-refractivity contribution >= 4 is 17.5 Å². The number of allylic oxidation sites excluding steroid dienone is 2. The second-order valence-electron chi connectivity index (χ2n) is 6.71. The van der Waals surface area contributed by atoms with Gasteiger partial charge < -0.3 is 15.0 Å². The van der Waals surface area contributed by atoms with Crippen LogP contribution >= 0.6 is 0 Å². The van der Waals surface area contributed by atoms with Crippen LogP contribution in [0.5, 0.6) is 0 Å². The van der Waals surface area contributed by atoms with E-state index in [1.165, 1.54) is 18.2 Å². The Balaban J connectivity index is 1.89. The van der Waals surface area contributed by atoms with Crippen molar-refractivity contribution in [2.24, 2.45) is 0 Å². The molecule has 1 aromatic carbocycles. The van der Waals surface area contributed by atoms with Crippen molar-refractivity contribution < 1.29 is 18.7 Å². The van der Waals surface area contributed by atoms with E-state index in [1.807, 2.05) is 0 Å². The monoisotopic (exact) mass is 377 g/mol. The number of likely N-dealkylation sites (N-methyl/N-ethyl adjacent to an activating group) is 1. The van der Waals surface area contributed by atoms with Crippen LogP contribution in [-0.4, -0.2) is 62.0 Å². The summed E-state index contributed by atoms with van der Waals surface area (Å²) in [5.74, 6) is -0.761. The molecule has 148 valence electrons. The summed E-state index contributed by atoms with van der Waals surface area (Å²) in [4.78, 5) is 28.3. The van der Waals surface area contributed by atoms with Gasteiger partial charge in [-0.2, -0.15) is 0 Å². The fourth-order valence-electron chi connectivity index (χ4n) is 3.06. The van der Waals surface area contributed by atoms with E-state index in [4.69, 9.17) is 4.74 Å². The van der Waals surface area contributed by atoms with Crippen LogP contribution in [0, 0.1) is 5.82 Å². The Morgan fingerprint density at radius 2 is 2.07 bits per heavy atom. The van der Waals surface area contributed by atoms with E-state index in [0.717, 1.165) is 31.4 Å². The molecule has 0 aliphatic heterocycles. The van der Waals surface area contributed by atoms with Crippen LogP contribution in [0.2, 0.25) is 0 Å². The molecular weight excluding hydrogens is 349 g/mol. The smallest absolute Gasteiger partial charge is 0.240 e. The van der Waals surface area contributed by atoms with E-state index in [-0.39, 0.29) is 24.9 Å². The van der Waals surface area contributed by atoms with Crippen LogP contribution in [0.3, 0.4) is 0 Å². The second kappa shape index (κ2) is 10.8. The van der Waals surface area contributed by atoms with Gasteiger partial charge in [-0.15, -0.1) is 0 Å². The number of hydrogen-bond donors (Lipinski definition) is 1. The number of hydrogen-bond acceptors (Lipinski definition) is 4. The molecule has 1 N–H and O–H groups in total. The fourth-order valence-corrected chi connectivity index (χ4v) is 3.06. The van der Waals surface area contributed by atoms with Crippen molar-refractivity contribution in [1.29, 1.82) is 0 Å². The number of methoxy groups -OCH3 is 1. The molecule has 0 bridgehead atoms. The van der Waals surface area contributed by atoms with Crippen LogP contribution in [0.25, 0.3) is 0 Å².